The van der Waals surface area contributed by atoms with Crippen LogP contribution in [0.3, 0.4) is 0 Å². The van der Waals surface area contributed by atoms with E-state index in [0.717, 1.165) is 28.3 Å². The molecule has 0 amide bonds. The average Bonchev–Trinajstić information content (AvgIpc) is 3.22. The molecule has 0 bridgehead atoms. The summed E-state index contributed by atoms with van der Waals surface area (Å²) in [5.74, 6) is 1.49. The van der Waals surface area contributed by atoms with Crippen molar-refractivity contribution >= 4 is 5.82 Å². The molecular weight excluding hydrogens is 422 g/mol. The molecule has 0 aliphatic heterocycles. The number of aromatic nitrogens is 2. The van der Waals surface area contributed by atoms with E-state index in [0.29, 0.717) is 19.8 Å². The second-order valence-electron chi connectivity index (χ2n) is 9.09. The monoisotopic (exact) mass is 455 g/mol. The Balaban J connectivity index is 1.89. The van der Waals surface area contributed by atoms with E-state index in [1.165, 1.54) is 0 Å². The van der Waals surface area contributed by atoms with Gasteiger partial charge < -0.3 is 19.7 Å². The largest absolute Gasteiger partial charge is 0.389 e. The second kappa shape index (κ2) is 10.2. The van der Waals surface area contributed by atoms with Gasteiger partial charge in [0.2, 0.25) is 0 Å². The van der Waals surface area contributed by atoms with E-state index in [-0.39, 0.29) is 0 Å². The topological polar surface area (TPSA) is 59.3 Å². The first-order valence-corrected chi connectivity index (χ1v) is 11.7. The van der Waals surface area contributed by atoms with Crippen LogP contribution >= 0.6 is 0 Å². The van der Waals surface area contributed by atoms with Gasteiger partial charge in [0, 0.05) is 12.8 Å². The molecule has 3 aromatic carbocycles. The van der Waals surface area contributed by atoms with Crippen LogP contribution in [0.1, 0.15) is 43.3 Å². The molecule has 34 heavy (non-hydrogen) atoms. The van der Waals surface area contributed by atoms with Crippen molar-refractivity contribution in [1.29, 1.82) is 0 Å². The molecule has 5 nitrogen and oxygen atoms in total. The van der Waals surface area contributed by atoms with Crippen molar-refractivity contribution in [2.45, 2.75) is 45.1 Å². The molecule has 0 aliphatic rings. The predicted molar refractivity (Wildman–Crippen MR) is 137 cm³/mol. The Hall–Kier alpha value is -3.41. The summed E-state index contributed by atoms with van der Waals surface area (Å²) >= 11 is 0. The first-order chi connectivity index (χ1) is 16.4. The molecule has 5 heteroatoms. The Morgan fingerprint density at radius 1 is 0.824 bits per heavy atom. The van der Waals surface area contributed by atoms with E-state index in [4.69, 9.17) is 9.72 Å². The molecule has 0 atom stereocenters. The van der Waals surface area contributed by atoms with Crippen molar-refractivity contribution in [3.8, 4) is 0 Å². The predicted octanol–water partition coefficient (Wildman–Crippen LogP) is 5.59. The van der Waals surface area contributed by atoms with Gasteiger partial charge in [-0.2, -0.15) is 0 Å². The van der Waals surface area contributed by atoms with Crippen molar-refractivity contribution < 1.29 is 9.84 Å². The van der Waals surface area contributed by atoms with Gasteiger partial charge in [-0.05, 0) is 37.5 Å². The van der Waals surface area contributed by atoms with E-state index in [2.05, 4.69) is 78.1 Å². The maximum absolute atomic E-state index is 10.5. The number of benzene rings is 3. The van der Waals surface area contributed by atoms with Crippen LogP contribution in [0, 0.1) is 0 Å². The van der Waals surface area contributed by atoms with Crippen LogP contribution in [0.15, 0.2) is 97.2 Å². The summed E-state index contributed by atoms with van der Waals surface area (Å²) in [5.41, 5.74) is 1.77. The molecule has 176 valence electrons. The molecule has 1 heterocycles. The molecule has 4 rings (SSSR count). The molecule has 1 aromatic heterocycles. The second-order valence-corrected chi connectivity index (χ2v) is 9.09. The normalized spacial score (nSPS) is 12.0. The first-order valence-electron chi connectivity index (χ1n) is 11.7. The Morgan fingerprint density at radius 3 is 1.71 bits per heavy atom. The molecule has 0 spiro atoms. The Kier molecular flexibility index (Phi) is 7.15. The SMILES string of the molecule is CCOCc1nc(NC(c2ccccc2)(c2ccccc2)c2ccccc2)cn1CC(C)(C)O. The Morgan fingerprint density at radius 2 is 1.29 bits per heavy atom. The summed E-state index contributed by atoms with van der Waals surface area (Å²) < 4.78 is 7.66. The lowest BCUT2D eigenvalue weighted by atomic mass is 9.77. The smallest absolute Gasteiger partial charge is 0.145 e. The van der Waals surface area contributed by atoms with Gasteiger partial charge in [-0.25, -0.2) is 4.98 Å². The highest BCUT2D eigenvalue weighted by Crippen LogP contribution is 2.39. The van der Waals surface area contributed by atoms with Crippen molar-refractivity contribution in [2.75, 3.05) is 11.9 Å². The average molecular weight is 456 g/mol. The molecule has 0 fully saturated rings. The zero-order valence-corrected chi connectivity index (χ0v) is 20.1. The van der Waals surface area contributed by atoms with Crippen LogP contribution in [-0.2, 0) is 23.4 Å². The molecule has 4 aromatic rings. The summed E-state index contributed by atoms with van der Waals surface area (Å²) in [4.78, 5) is 4.91. The van der Waals surface area contributed by atoms with Crippen molar-refractivity contribution in [3.63, 3.8) is 0 Å². The highest BCUT2D eigenvalue weighted by molar-refractivity contribution is 5.58. The third kappa shape index (κ3) is 5.22. The first kappa shape index (κ1) is 23.7. The summed E-state index contributed by atoms with van der Waals surface area (Å²) in [5, 5.41) is 14.3. The Bertz CT molecular complexity index is 1070. The van der Waals surface area contributed by atoms with E-state index in [1.807, 2.05) is 35.9 Å². The van der Waals surface area contributed by atoms with Gasteiger partial charge in [-0.3, -0.25) is 0 Å². The minimum absolute atomic E-state index is 0.378. The summed E-state index contributed by atoms with van der Waals surface area (Å²) in [6, 6.07) is 31.3. The zero-order valence-electron chi connectivity index (χ0n) is 20.1. The number of imidazole rings is 1. The van der Waals surface area contributed by atoms with Crippen LogP contribution in [0.5, 0.6) is 0 Å². The molecule has 0 saturated carbocycles. The number of hydrogen-bond acceptors (Lipinski definition) is 4. The molecule has 0 unspecified atom stereocenters. The standard InChI is InChI=1S/C29H33N3O2/c1-4-34-21-27-30-26(20-32(27)22-28(2,3)33)31-29(23-14-8-5-9-15-23,24-16-10-6-11-17-24)25-18-12-7-13-19-25/h5-20,31,33H,4,21-22H2,1-3H3. The highest BCUT2D eigenvalue weighted by Gasteiger charge is 2.37. The van der Waals surface area contributed by atoms with Gasteiger partial charge >= 0.3 is 0 Å². The number of nitrogens with one attached hydrogen (secondary N) is 1. The quantitative estimate of drug-likeness (QED) is 0.306. The summed E-state index contributed by atoms with van der Waals surface area (Å²) in [7, 11) is 0. The number of anilines is 1. The Labute approximate surface area is 202 Å². The van der Waals surface area contributed by atoms with E-state index >= 15 is 0 Å². The summed E-state index contributed by atoms with van der Waals surface area (Å²) in [6.07, 6.45) is 1.97. The van der Waals surface area contributed by atoms with Crippen molar-refractivity contribution in [3.05, 3.63) is 120 Å². The number of aliphatic hydroxyl groups is 1. The number of hydrogen-bond donors (Lipinski definition) is 2. The van der Waals surface area contributed by atoms with Gasteiger partial charge in [0.05, 0.1) is 12.1 Å². The van der Waals surface area contributed by atoms with Crippen LogP contribution in [0.25, 0.3) is 0 Å². The number of nitrogens with zero attached hydrogens (tertiary/aromatic N) is 2. The van der Waals surface area contributed by atoms with Crippen LogP contribution in [0.4, 0.5) is 5.82 Å². The lowest BCUT2D eigenvalue weighted by Gasteiger charge is -2.37. The van der Waals surface area contributed by atoms with Crippen LogP contribution in [0.2, 0.25) is 0 Å². The van der Waals surface area contributed by atoms with E-state index in [9.17, 15) is 5.11 Å². The molecule has 0 aliphatic carbocycles. The van der Waals surface area contributed by atoms with Crippen LogP contribution in [-0.4, -0.2) is 26.9 Å². The van der Waals surface area contributed by atoms with Gasteiger partial charge in [0.25, 0.3) is 0 Å². The molecular formula is C29H33N3O2. The van der Waals surface area contributed by atoms with E-state index in [1.54, 1.807) is 13.8 Å². The van der Waals surface area contributed by atoms with Gasteiger partial charge in [0.1, 0.15) is 23.8 Å². The maximum atomic E-state index is 10.5. The fourth-order valence-electron chi connectivity index (χ4n) is 4.35. The van der Waals surface area contributed by atoms with Crippen LogP contribution < -0.4 is 5.32 Å². The van der Waals surface area contributed by atoms with Gasteiger partial charge in [0.15, 0.2) is 0 Å². The third-order valence-electron chi connectivity index (χ3n) is 5.79. The van der Waals surface area contributed by atoms with Gasteiger partial charge in [-0.15, -0.1) is 0 Å². The van der Waals surface area contributed by atoms with Crippen molar-refractivity contribution in [2.24, 2.45) is 0 Å². The zero-order chi connectivity index (χ0) is 24.0. The lowest BCUT2D eigenvalue weighted by molar-refractivity contribution is 0.0569. The van der Waals surface area contributed by atoms with Gasteiger partial charge in [-0.1, -0.05) is 91.0 Å². The molecule has 0 saturated heterocycles. The molecule has 0 radical (unpaired) electrons. The van der Waals surface area contributed by atoms with E-state index < -0.39 is 11.1 Å². The third-order valence-corrected chi connectivity index (χ3v) is 5.79. The lowest BCUT2D eigenvalue weighted by Crippen LogP contribution is -2.38. The fraction of sp³-hybridized carbons (Fsp3) is 0.276. The molecule has 2 N–H and O–H groups in total. The maximum Gasteiger partial charge on any atom is 0.145 e. The minimum Gasteiger partial charge on any atom is -0.389 e. The summed E-state index contributed by atoms with van der Waals surface area (Å²) in [6.45, 7) is 6.95. The fourth-order valence-corrected chi connectivity index (χ4v) is 4.35. The number of rotatable bonds is 10. The van der Waals surface area contributed by atoms with Crippen molar-refractivity contribution in [1.82, 2.24) is 9.55 Å². The highest BCUT2D eigenvalue weighted by atomic mass is 16.5. The minimum atomic E-state index is -0.881. The number of ether oxygens (including phenoxy) is 1.